The van der Waals surface area contributed by atoms with Crippen LogP contribution in [0.15, 0.2) is 52.5 Å². The average Bonchev–Trinajstić information content (AvgIpc) is 2.78. The Labute approximate surface area is 158 Å². The summed E-state index contributed by atoms with van der Waals surface area (Å²) < 4.78 is 0. The summed E-state index contributed by atoms with van der Waals surface area (Å²) in [5.74, 6) is 0. The number of benzene rings is 2. The van der Waals surface area contributed by atoms with Gasteiger partial charge < -0.3 is 11.1 Å². The van der Waals surface area contributed by atoms with Crippen LogP contribution in [0.3, 0.4) is 0 Å². The summed E-state index contributed by atoms with van der Waals surface area (Å²) in [4.78, 5) is 13.8. The lowest BCUT2D eigenvalue weighted by atomic mass is 9.94. The molecule has 1 heterocycles. The number of carbonyl (C=O) groups is 1. The van der Waals surface area contributed by atoms with Gasteiger partial charge in [0.15, 0.2) is 0 Å². The van der Waals surface area contributed by atoms with E-state index in [0.717, 1.165) is 23.3 Å². The van der Waals surface area contributed by atoms with E-state index in [2.05, 4.69) is 29.8 Å². The zero-order valence-electron chi connectivity index (χ0n) is 15.3. The van der Waals surface area contributed by atoms with Crippen LogP contribution in [0.5, 0.6) is 0 Å². The Kier molecular flexibility index (Phi) is 5.52. The molecule has 1 aliphatic heterocycles. The van der Waals surface area contributed by atoms with E-state index >= 15 is 0 Å². The second kappa shape index (κ2) is 7.83. The topological polar surface area (TPSA) is 70.7 Å². The van der Waals surface area contributed by atoms with Gasteiger partial charge in [-0.15, -0.1) is 11.8 Å². The number of carbonyl (C=O) groups excluding carboxylic acids is 1. The van der Waals surface area contributed by atoms with Gasteiger partial charge >= 0.3 is 6.03 Å². The molecule has 2 aromatic rings. The molecule has 0 saturated carbocycles. The van der Waals surface area contributed by atoms with Crippen molar-refractivity contribution in [2.45, 2.75) is 31.2 Å². The maximum atomic E-state index is 12.6. The number of nitrogens with one attached hydrogen (secondary N) is 1. The van der Waals surface area contributed by atoms with Crippen molar-refractivity contribution in [3.8, 4) is 0 Å². The smallest absolute Gasteiger partial charge is 0.338 e. The van der Waals surface area contributed by atoms with Gasteiger partial charge in [0.25, 0.3) is 0 Å². The van der Waals surface area contributed by atoms with Crippen molar-refractivity contribution in [3.05, 3.63) is 59.2 Å². The normalized spacial score (nSPS) is 16.5. The zero-order chi connectivity index (χ0) is 18.7. The van der Waals surface area contributed by atoms with Crippen molar-refractivity contribution >= 4 is 29.2 Å². The molecule has 26 heavy (non-hydrogen) atoms. The molecule has 1 unspecified atom stereocenters. The molecule has 2 amide bonds. The van der Waals surface area contributed by atoms with Gasteiger partial charge in [-0.1, -0.05) is 18.2 Å². The minimum absolute atomic E-state index is 0.0383. The molecule has 0 radical (unpaired) electrons. The van der Waals surface area contributed by atoms with Crippen LogP contribution in [0.4, 0.5) is 10.5 Å². The third-order valence-corrected chi connectivity index (χ3v) is 5.15. The van der Waals surface area contributed by atoms with Crippen molar-refractivity contribution in [2.75, 3.05) is 18.5 Å². The largest absolute Gasteiger partial charge is 0.399 e. The molecule has 6 heteroatoms. The first-order valence-electron chi connectivity index (χ1n) is 8.72. The first kappa shape index (κ1) is 18.3. The van der Waals surface area contributed by atoms with Crippen LogP contribution in [0.1, 0.15) is 30.5 Å². The fourth-order valence-electron chi connectivity index (χ4n) is 3.09. The van der Waals surface area contributed by atoms with Crippen molar-refractivity contribution in [1.82, 2.24) is 10.3 Å². The molecule has 1 aliphatic rings. The molecular weight excluding hydrogens is 344 g/mol. The Morgan fingerprint density at radius 3 is 2.69 bits per heavy atom. The lowest BCUT2D eigenvalue weighted by molar-refractivity contribution is 0.183. The molecule has 0 bridgehead atoms. The Balaban J connectivity index is 2.14. The molecule has 0 aliphatic carbocycles. The lowest BCUT2D eigenvalue weighted by Crippen LogP contribution is -2.42. The molecule has 0 spiro atoms. The molecule has 136 valence electrons. The fourth-order valence-corrected chi connectivity index (χ4v) is 3.56. The molecule has 2 aromatic carbocycles. The lowest BCUT2D eigenvalue weighted by Gasteiger charge is -2.23. The van der Waals surface area contributed by atoms with Gasteiger partial charge in [0, 0.05) is 28.3 Å². The standard InChI is InChI=1S/C20H24N4OS/c1-4-22-20(25)24-13(2)11-15-12-17(26-3)9-10-18(15)19(23-24)14-5-7-16(21)8-6-14/h5-10,12-13H,4,11,21H2,1-3H3,(H,22,25). The monoisotopic (exact) mass is 368 g/mol. The number of thioether (sulfide) groups is 1. The first-order valence-corrected chi connectivity index (χ1v) is 9.94. The van der Waals surface area contributed by atoms with E-state index < -0.39 is 0 Å². The summed E-state index contributed by atoms with van der Waals surface area (Å²) in [6, 6.07) is 13.8. The number of rotatable bonds is 3. The van der Waals surface area contributed by atoms with Crippen LogP contribution >= 0.6 is 11.8 Å². The predicted octanol–water partition coefficient (Wildman–Crippen LogP) is 3.72. The maximum absolute atomic E-state index is 12.6. The third kappa shape index (κ3) is 3.70. The van der Waals surface area contributed by atoms with Crippen molar-refractivity contribution < 1.29 is 4.79 Å². The molecule has 0 aromatic heterocycles. The Morgan fingerprint density at radius 1 is 1.31 bits per heavy atom. The summed E-state index contributed by atoms with van der Waals surface area (Å²) in [7, 11) is 0. The van der Waals surface area contributed by atoms with Gasteiger partial charge in [-0.25, -0.2) is 9.80 Å². The van der Waals surface area contributed by atoms with Gasteiger partial charge in [0.05, 0.1) is 11.8 Å². The molecule has 0 fully saturated rings. The number of hydrogen-bond donors (Lipinski definition) is 2. The van der Waals surface area contributed by atoms with E-state index in [4.69, 9.17) is 10.8 Å². The molecule has 3 N–H and O–H groups in total. The number of hydrogen-bond acceptors (Lipinski definition) is 4. The van der Waals surface area contributed by atoms with E-state index in [1.807, 2.05) is 38.1 Å². The van der Waals surface area contributed by atoms with E-state index in [0.29, 0.717) is 12.2 Å². The minimum atomic E-state index is -0.175. The predicted molar refractivity (Wildman–Crippen MR) is 109 cm³/mol. The number of nitrogen functional groups attached to an aromatic ring is 1. The number of urea groups is 1. The van der Waals surface area contributed by atoms with Gasteiger partial charge in [-0.2, -0.15) is 5.10 Å². The highest BCUT2D eigenvalue weighted by atomic mass is 32.2. The summed E-state index contributed by atoms with van der Waals surface area (Å²) in [5.41, 5.74) is 10.5. The van der Waals surface area contributed by atoms with Gasteiger partial charge in [-0.3, -0.25) is 0 Å². The van der Waals surface area contributed by atoms with Gasteiger partial charge in [0.2, 0.25) is 0 Å². The SMILES string of the molecule is CCNC(=O)N1N=C(c2ccc(N)cc2)c2ccc(SC)cc2CC1C. The van der Waals surface area contributed by atoms with Crippen LogP contribution < -0.4 is 11.1 Å². The highest BCUT2D eigenvalue weighted by Crippen LogP contribution is 2.27. The summed E-state index contributed by atoms with van der Waals surface area (Å²) >= 11 is 1.71. The van der Waals surface area contributed by atoms with Crippen molar-refractivity contribution in [1.29, 1.82) is 0 Å². The number of amides is 2. The third-order valence-electron chi connectivity index (χ3n) is 4.43. The number of fused-ring (bicyclic) bond motifs is 1. The van der Waals surface area contributed by atoms with Crippen LogP contribution in [0.25, 0.3) is 0 Å². The molecule has 0 saturated heterocycles. The Bertz CT molecular complexity index is 832. The molecule has 3 rings (SSSR count). The van der Waals surface area contributed by atoms with E-state index in [-0.39, 0.29) is 12.1 Å². The number of anilines is 1. The fraction of sp³-hybridized carbons (Fsp3) is 0.300. The second-order valence-electron chi connectivity index (χ2n) is 6.33. The van der Waals surface area contributed by atoms with Gasteiger partial charge in [-0.05, 0) is 56.4 Å². The molecule has 5 nitrogen and oxygen atoms in total. The average molecular weight is 369 g/mol. The number of nitrogens with two attached hydrogens (primary N) is 1. The van der Waals surface area contributed by atoms with Crippen LogP contribution in [-0.4, -0.2) is 35.6 Å². The zero-order valence-corrected chi connectivity index (χ0v) is 16.1. The Hall–Kier alpha value is -2.47. The van der Waals surface area contributed by atoms with Crippen LogP contribution in [-0.2, 0) is 6.42 Å². The molecular formula is C20H24N4OS. The summed E-state index contributed by atoms with van der Waals surface area (Å²) in [6.07, 6.45) is 2.82. The van der Waals surface area contributed by atoms with E-state index in [1.165, 1.54) is 10.5 Å². The first-order chi connectivity index (χ1) is 12.5. The van der Waals surface area contributed by atoms with Gasteiger partial charge in [0.1, 0.15) is 0 Å². The van der Waals surface area contributed by atoms with Crippen LogP contribution in [0, 0.1) is 0 Å². The van der Waals surface area contributed by atoms with E-state index in [1.54, 1.807) is 16.8 Å². The van der Waals surface area contributed by atoms with Crippen LogP contribution in [0.2, 0.25) is 0 Å². The maximum Gasteiger partial charge on any atom is 0.338 e. The van der Waals surface area contributed by atoms with Crippen molar-refractivity contribution in [3.63, 3.8) is 0 Å². The Morgan fingerprint density at radius 2 is 2.04 bits per heavy atom. The minimum Gasteiger partial charge on any atom is -0.399 e. The van der Waals surface area contributed by atoms with E-state index in [9.17, 15) is 4.79 Å². The quantitative estimate of drug-likeness (QED) is 0.641. The number of hydrazone groups is 1. The summed E-state index contributed by atoms with van der Waals surface area (Å²) in [6.45, 7) is 4.50. The number of nitrogens with zero attached hydrogens (tertiary/aromatic N) is 2. The second-order valence-corrected chi connectivity index (χ2v) is 7.21. The summed E-state index contributed by atoms with van der Waals surface area (Å²) in [5, 5.41) is 9.19. The molecule has 1 atom stereocenters. The van der Waals surface area contributed by atoms with Crippen molar-refractivity contribution in [2.24, 2.45) is 5.10 Å². The highest BCUT2D eigenvalue weighted by Gasteiger charge is 2.27. The highest BCUT2D eigenvalue weighted by molar-refractivity contribution is 7.98.